The first kappa shape index (κ1) is 13.1. The highest BCUT2D eigenvalue weighted by molar-refractivity contribution is 5.96. The average Bonchev–Trinajstić information content (AvgIpc) is 2.52. The molecule has 0 unspecified atom stereocenters. The van der Waals surface area contributed by atoms with Crippen LogP contribution in [0.1, 0.15) is 57.0 Å². The number of rotatable bonds is 2. The Kier molecular flexibility index (Phi) is 3.00. The first-order valence-electron chi connectivity index (χ1n) is 6.50. The summed E-state index contributed by atoms with van der Waals surface area (Å²) in [5.41, 5.74) is 2.00. The molecule has 1 aromatic carbocycles. The summed E-state index contributed by atoms with van der Waals surface area (Å²) >= 11 is 0. The van der Waals surface area contributed by atoms with E-state index in [1.165, 1.54) is 0 Å². The van der Waals surface area contributed by atoms with Gasteiger partial charge in [-0.25, -0.2) is 0 Å². The lowest BCUT2D eigenvalue weighted by Gasteiger charge is -2.18. The Bertz CT molecular complexity index is 478. The molecular formula is C16H22O2. The van der Waals surface area contributed by atoms with Crippen molar-refractivity contribution >= 4 is 5.78 Å². The van der Waals surface area contributed by atoms with Gasteiger partial charge in [-0.05, 0) is 23.6 Å². The summed E-state index contributed by atoms with van der Waals surface area (Å²) in [5, 5.41) is 0. The van der Waals surface area contributed by atoms with Crippen LogP contribution in [0.5, 0.6) is 5.75 Å². The first-order chi connectivity index (χ1) is 8.19. The molecule has 2 heteroatoms. The maximum atomic E-state index is 12.2. The van der Waals surface area contributed by atoms with Crippen LogP contribution in [0.25, 0.3) is 0 Å². The Morgan fingerprint density at radius 1 is 1.33 bits per heavy atom. The van der Waals surface area contributed by atoms with Crippen molar-refractivity contribution in [3.63, 3.8) is 0 Å². The molecular weight excluding hydrogens is 224 g/mol. The molecule has 1 aromatic rings. The van der Waals surface area contributed by atoms with Crippen molar-refractivity contribution < 1.29 is 9.53 Å². The SMILES string of the molecule is CC(C)(C)CC(=O)c1ccc2c(c1)C(C)(C)CO2. The topological polar surface area (TPSA) is 26.3 Å². The number of ketones is 1. The molecule has 98 valence electrons. The first-order valence-corrected chi connectivity index (χ1v) is 6.50. The molecule has 0 aromatic heterocycles. The molecule has 0 fully saturated rings. The van der Waals surface area contributed by atoms with Gasteiger partial charge < -0.3 is 4.74 Å². The maximum Gasteiger partial charge on any atom is 0.163 e. The number of Topliss-reactive ketones (excluding diaryl/α,β-unsaturated/α-hetero) is 1. The molecule has 1 heterocycles. The monoisotopic (exact) mass is 246 g/mol. The third-order valence-electron chi connectivity index (χ3n) is 3.31. The third kappa shape index (κ3) is 2.58. The van der Waals surface area contributed by atoms with Crippen molar-refractivity contribution in [1.29, 1.82) is 0 Å². The van der Waals surface area contributed by atoms with E-state index >= 15 is 0 Å². The summed E-state index contributed by atoms with van der Waals surface area (Å²) in [6, 6.07) is 5.82. The molecule has 1 aliphatic rings. The number of hydrogen-bond donors (Lipinski definition) is 0. The van der Waals surface area contributed by atoms with Gasteiger partial charge in [-0.15, -0.1) is 0 Å². The summed E-state index contributed by atoms with van der Waals surface area (Å²) in [6.07, 6.45) is 0.576. The van der Waals surface area contributed by atoms with Gasteiger partial charge in [-0.3, -0.25) is 4.79 Å². The van der Waals surface area contributed by atoms with Crippen molar-refractivity contribution in [3.05, 3.63) is 29.3 Å². The summed E-state index contributed by atoms with van der Waals surface area (Å²) < 4.78 is 5.64. The lowest BCUT2D eigenvalue weighted by Crippen LogP contribution is -2.19. The maximum absolute atomic E-state index is 12.2. The van der Waals surface area contributed by atoms with Crippen molar-refractivity contribution in [2.45, 2.75) is 46.5 Å². The van der Waals surface area contributed by atoms with E-state index in [1.807, 2.05) is 18.2 Å². The Hall–Kier alpha value is -1.31. The predicted octanol–water partition coefficient (Wildman–Crippen LogP) is 3.98. The van der Waals surface area contributed by atoms with Gasteiger partial charge in [0, 0.05) is 23.0 Å². The molecule has 0 atom stereocenters. The van der Waals surface area contributed by atoms with Gasteiger partial charge in [0.15, 0.2) is 5.78 Å². The second-order valence-electron chi connectivity index (χ2n) is 7.04. The summed E-state index contributed by atoms with van der Waals surface area (Å²) in [5.74, 6) is 1.14. The zero-order valence-corrected chi connectivity index (χ0v) is 12.0. The van der Waals surface area contributed by atoms with E-state index in [2.05, 4.69) is 34.6 Å². The Morgan fingerprint density at radius 3 is 2.61 bits per heavy atom. The fraction of sp³-hybridized carbons (Fsp3) is 0.562. The van der Waals surface area contributed by atoms with Gasteiger partial charge >= 0.3 is 0 Å². The average molecular weight is 246 g/mol. The van der Waals surface area contributed by atoms with Crippen LogP contribution < -0.4 is 4.74 Å². The third-order valence-corrected chi connectivity index (χ3v) is 3.31. The summed E-state index contributed by atoms with van der Waals surface area (Å²) in [4.78, 5) is 12.2. The van der Waals surface area contributed by atoms with Crippen molar-refractivity contribution in [2.24, 2.45) is 5.41 Å². The minimum absolute atomic E-state index is 0.00730. The number of carbonyl (C=O) groups excluding carboxylic acids is 1. The largest absolute Gasteiger partial charge is 0.492 e. The van der Waals surface area contributed by atoms with E-state index in [4.69, 9.17) is 4.74 Å². The lowest BCUT2D eigenvalue weighted by molar-refractivity contribution is 0.0940. The van der Waals surface area contributed by atoms with Crippen LogP contribution in [-0.2, 0) is 5.41 Å². The molecule has 2 rings (SSSR count). The molecule has 2 nitrogen and oxygen atoms in total. The van der Waals surface area contributed by atoms with E-state index in [0.29, 0.717) is 13.0 Å². The van der Waals surface area contributed by atoms with E-state index in [1.54, 1.807) is 0 Å². The number of benzene rings is 1. The highest BCUT2D eigenvalue weighted by atomic mass is 16.5. The van der Waals surface area contributed by atoms with Crippen molar-refractivity contribution in [1.82, 2.24) is 0 Å². The zero-order chi connectivity index (χ0) is 13.6. The zero-order valence-electron chi connectivity index (χ0n) is 12.0. The van der Waals surface area contributed by atoms with E-state index in [9.17, 15) is 4.79 Å². The predicted molar refractivity (Wildman–Crippen MR) is 73.4 cm³/mol. The molecule has 0 bridgehead atoms. The fourth-order valence-corrected chi connectivity index (χ4v) is 2.28. The van der Waals surface area contributed by atoms with Crippen LogP contribution in [0.15, 0.2) is 18.2 Å². The second-order valence-corrected chi connectivity index (χ2v) is 7.04. The Balaban J connectivity index is 2.30. The summed E-state index contributed by atoms with van der Waals surface area (Å²) in [6.45, 7) is 11.3. The quantitative estimate of drug-likeness (QED) is 0.738. The van der Waals surface area contributed by atoms with Gasteiger partial charge in [0.2, 0.25) is 0 Å². The van der Waals surface area contributed by atoms with Crippen LogP contribution >= 0.6 is 0 Å². The minimum atomic E-state index is 0.00730. The fourth-order valence-electron chi connectivity index (χ4n) is 2.28. The molecule has 0 amide bonds. The Labute approximate surface area is 109 Å². The molecule has 0 saturated carbocycles. The number of fused-ring (bicyclic) bond motifs is 1. The van der Waals surface area contributed by atoms with Crippen LogP contribution in [0.3, 0.4) is 0 Å². The number of carbonyl (C=O) groups is 1. The van der Waals surface area contributed by atoms with E-state index < -0.39 is 0 Å². The van der Waals surface area contributed by atoms with Crippen molar-refractivity contribution in [3.8, 4) is 5.75 Å². The molecule has 0 saturated heterocycles. The highest BCUT2D eigenvalue weighted by Gasteiger charge is 2.32. The van der Waals surface area contributed by atoms with Gasteiger partial charge in [-0.1, -0.05) is 34.6 Å². The van der Waals surface area contributed by atoms with E-state index in [-0.39, 0.29) is 16.6 Å². The summed E-state index contributed by atoms with van der Waals surface area (Å²) in [7, 11) is 0. The van der Waals surface area contributed by atoms with Gasteiger partial charge in [0.25, 0.3) is 0 Å². The van der Waals surface area contributed by atoms with Crippen LogP contribution in [-0.4, -0.2) is 12.4 Å². The molecule has 0 N–H and O–H groups in total. The molecule has 0 spiro atoms. The Morgan fingerprint density at radius 2 is 2.00 bits per heavy atom. The van der Waals surface area contributed by atoms with E-state index in [0.717, 1.165) is 16.9 Å². The second kappa shape index (κ2) is 4.11. The number of ether oxygens (including phenoxy) is 1. The molecule has 0 aliphatic carbocycles. The van der Waals surface area contributed by atoms with Crippen LogP contribution in [0, 0.1) is 5.41 Å². The molecule has 1 aliphatic heterocycles. The smallest absolute Gasteiger partial charge is 0.163 e. The number of hydrogen-bond acceptors (Lipinski definition) is 2. The molecule has 0 radical (unpaired) electrons. The molecule has 18 heavy (non-hydrogen) atoms. The van der Waals surface area contributed by atoms with Crippen LogP contribution in [0.4, 0.5) is 0 Å². The standard InChI is InChI=1S/C16H22O2/c1-15(2,3)9-13(17)11-6-7-14-12(8-11)16(4,5)10-18-14/h6-8H,9-10H2,1-5H3. The normalized spacial score (nSPS) is 17.2. The lowest BCUT2D eigenvalue weighted by atomic mass is 9.83. The highest BCUT2D eigenvalue weighted by Crippen LogP contribution is 2.39. The van der Waals surface area contributed by atoms with Crippen LogP contribution in [0.2, 0.25) is 0 Å². The van der Waals surface area contributed by atoms with Gasteiger partial charge in [-0.2, -0.15) is 0 Å². The van der Waals surface area contributed by atoms with Gasteiger partial charge in [0.05, 0.1) is 6.61 Å². The minimum Gasteiger partial charge on any atom is -0.492 e. The van der Waals surface area contributed by atoms with Gasteiger partial charge in [0.1, 0.15) is 5.75 Å². The van der Waals surface area contributed by atoms with Crippen molar-refractivity contribution in [2.75, 3.05) is 6.61 Å².